The number of carbonyl (C=O) groups excluding carboxylic acids is 1. The Morgan fingerprint density at radius 1 is 1.07 bits per heavy atom. The van der Waals surface area contributed by atoms with Crippen LogP contribution in [0.5, 0.6) is 17.2 Å². The maximum absolute atomic E-state index is 13.2. The summed E-state index contributed by atoms with van der Waals surface area (Å²) < 4.78 is 54.6. The normalized spacial score (nSPS) is 12.1. The second-order valence-electron chi connectivity index (χ2n) is 6.46. The third-order valence-corrected chi connectivity index (χ3v) is 5.60. The highest BCUT2D eigenvalue weighted by atomic mass is 32.2. The molecule has 0 saturated carbocycles. The average molecular weight is 440 g/mol. The van der Waals surface area contributed by atoms with Crippen LogP contribution in [0, 0.1) is 5.82 Å². The summed E-state index contributed by atoms with van der Waals surface area (Å²) in [6, 6.07) is 7.18. The Bertz CT molecular complexity index is 970. The summed E-state index contributed by atoms with van der Waals surface area (Å²) in [6.07, 6.45) is 0.985. The molecule has 164 valence electrons. The largest absolute Gasteiger partial charge is 0.493 e. The molecule has 1 N–H and O–H groups in total. The summed E-state index contributed by atoms with van der Waals surface area (Å²) in [5, 5.41) is 2.70. The molecule has 0 saturated heterocycles. The Labute approximate surface area is 175 Å². The molecule has 0 spiro atoms. The number of hydrogen-bond acceptors (Lipinski definition) is 6. The number of nitrogens with one attached hydrogen (secondary N) is 1. The molecule has 1 atom stereocenters. The van der Waals surface area contributed by atoms with Gasteiger partial charge in [-0.3, -0.25) is 9.10 Å². The molecule has 0 fully saturated rings. The molecular weight excluding hydrogens is 415 g/mol. The fourth-order valence-corrected chi connectivity index (χ4v) is 4.15. The van der Waals surface area contributed by atoms with Gasteiger partial charge in [0.2, 0.25) is 21.7 Å². The van der Waals surface area contributed by atoms with Gasteiger partial charge in [-0.2, -0.15) is 0 Å². The van der Waals surface area contributed by atoms with E-state index in [0.717, 1.165) is 22.7 Å². The molecule has 0 aliphatic heterocycles. The van der Waals surface area contributed by atoms with Crippen LogP contribution in [0.1, 0.15) is 12.5 Å². The third kappa shape index (κ3) is 5.32. The molecule has 0 aromatic heterocycles. The van der Waals surface area contributed by atoms with Crippen LogP contribution < -0.4 is 23.8 Å². The van der Waals surface area contributed by atoms with Gasteiger partial charge in [0.05, 0.1) is 33.3 Å². The summed E-state index contributed by atoms with van der Waals surface area (Å²) in [5.41, 5.74) is 0.854. The second-order valence-corrected chi connectivity index (χ2v) is 8.32. The Morgan fingerprint density at radius 2 is 1.60 bits per heavy atom. The van der Waals surface area contributed by atoms with Crippen molar-refractivity contribution in [2.45, 2.75) is 19.5 Å². The zero-order valence-corrected chi connectivity index (χ0v) is 18.2. The highest BCUT2D eigenvalue weighted by Crippen LogP contribution is 2.38. The van der Waals surface area contributed by atoms with Crippen molar-refractivity contribution >= 4 is 21.6 Å². The molecule has 2 aromatic rings. The molecule has 1 amide bonds. The van der Waals surface area contributed by atoms with E-state index < -0.39 is 27.8 Å². The minimum atomic E-state index is -3.79. The van der Waals surface area contributed by atoms with Gasteiger partial charge in [0.15, 0.2) is 11.5 Å². The Morgan fingerprint density at radius 3 is 2.03 bits per heavy atom. The molecule has 30 heavy (non-hydrogen) atoms. The van der Waals surface area contributed by atoms with Crippen molar-refractivity contribution in [3.63, 3.8) is 0 Å². The van der Waals surface area contributed by atoms with Crippen LogP contribution in [0.15, 0.2) is 36.4 Å². The van der Waals surface area contributed by atoms with Crippen LogP contribution in [-0.2, 0) is 21.4 Å². The maximum Gasteiger partial charge on any atom is 0.243 e. The number of benzene rings is 2. The van der Waals surface area contributed by atoms with E-state index in [4.69, 9.17) is 14.2 Å². The Balaban J connectivity index is 2.23. The van der Waals surface area contributed by atoms with E-state index in [1.54, 1.807) is 12.1 Å². The van der Waals surface area contributed by atoms with E-state index in [0.29, 0.717) is 22.8 Å². The number of amides is 1. The first kappa shape index (κ1) is 23.3. The molecule has 0 bridgehead atoms. The van der Waals surface area contributed by atoms with Crippen molar-refractivity contribution in [3.8, 4) is 17.2 Å². The molecule has 2 aromatic carbocycles. The van der Waals surface area contributed by atoms with Crippen molar-refractivity contribution in [3.05, 3.63) is 47.8 Å². The summed E-state index contributed by atoms with van der Waals surface area (Å²) in [6.45, 7) is 1.55. The minimum absolute atomic E-state index is 0.0981. The van der Waals surface area contributed by atoms with E-state index in [1.807, 2.05) is 0 Å². The summed E-state index contributed by atoms with van der Waals surface area (Å²) in [4.78, 5) is 12.7. The van der Waals surface area contributed by atoms with Crippen LogP contribution in [0.4, 0.5) is 10.1 Å². The number of hydrogen-bond donors (Lipinski definition) is 1. The van der Waals surface area contributed by atoms with Gasteiger partial charge in [-0.1, -0.05) is 0 Å². The number of ether oxygens (including phenoxy) is 3. The molecule has 10 heteroatoms. The molecule has 0 heterocycles. The minimum Gasteiger partial charge on any atom is -0.493 e. The van der Waals surface area contributed by atoms with Gasteiger partial charge in [-0.05, 0) is 48.9 Å². The second kappa shape index (κ2) is 9.66. The number of nitrogens with zero attached hydrogens (tertiary/aromatic N) is 1. The van der Waals surface area contributed by atoms with Crippen LogP contribution >= 0.6 is 0 Å². The van der Waals surface area contributed by atoms with Gasteiger partial charge >= 0.3 is 0 Å². The standard InChI is InChI=1S/C20H25FN2O6S/c1-13(23(30(5,25)26)16-8-6-15(21)7-9-16)20(24)22-12-14-10-17(27-2)19(29-4)18(11-14)28-3/h6-11,13H,12H2,1-5H3,(H,22,24). The monoisotopic (exact) mass is 440 g/mol. The van der Waals surface area contributed by atoms with Gasteiger partial charge in [0.1, 0.15) is 11.9 Å². The number of methoxy groups -OCH3 is 3. The number of halogens is 1. The van der Waals surface area contributed by atoms with E-state index in [-0.39, 0.29) is 12.2 Å². The molecule has 8 nitrogen and oxygen atoms in total. The third-order valence-electron chi connectivity index (χ3n) is 4.36. The van der Waals surface area contributed by atoms with E-state index in [1.165, 1.54) is 40.4 Å². The van der Waals surface area contributed by atoms with Crippen molar-refractivity contribution < 1.29 is 31.8 Å². The zero-order chi connectivity index (χ0) is 22.5. The first-order valence-corrected chi connectivity index (χ1v) is 10.8. The topological polar surface area (TPSA) is 94.2 Å². The van der Waals surface area contributed by atoms with Gasteiger partial charge in [-0.15, -0.1) is 0 Å². The molecule has 2 rings (SSSR count). The van der Waals surface area contributed by atoms with Crippen molar-refractivity contribution in [2.75, 3.05) is 31.9 Å². The fourth-order valence-electron chi connectivity index (χ4n) is 2.97. The smallest absolute Gasteiger partial charge is 0.243 e. The maximum atomic E-state index is 13.2. The summed E-state index contributed by atoms with van der Waals surface area (Å²) >= 11 is 0. The van der Waals surface area contributed by atoms with Crippen molar-refractivity contribution in [1.82, 2.24) is 5.32 Å². The van der Waals surface area contributed by atoms with Gasteiger partial charge in [0, 0.05) is 6.54 Å². The number of carbonyl (C=O) groups is 1. The Hall–Kier alpha value is -3.01. The average Bonchev–Trinajstić information content (AvgIpc) is 2.71. The SMILES string of the molecule is COc1cc(CNC(=O)C(C)N(c2ccc(F)cc2)S(C)(=O)=O)cc(OC)c1OC. The molecular formula is C20H25FN2O6S. The van der Waals surface area contributed by atoms with Crippen LogP contribution in [0.3, 0.4) is 0 Å². The first-order valence-electron chi connectivity index (χ1n) is 8.94. The van der Waals surface area contributed by atoms with Gasteiger partial charge < -0.3 is 19.5 Å². The quantitative estimate of drug-likeness (QED) is 0.643. The molecule has 1 unspecified atom stereocenters. The lowest BCUT2D eigenvalue weighted by molar-refractivity contribution is -0.122. The fraction of sp³-hybridized carbons (Fsp3) is 0.350. The van der Waals surface area contributed by atoms with E-state index in [2.05, 4.69) is 5.32 Å². The lowest BCUT2D eigenvalue weighted by atomic mass is 10.1. The summed E-state index contributed by atoms with van der Waals surface area (Å²) in [5.74, 6) is 0.240. The Kier molecular flexibility index (Phi) is 7.49. The van der Waals surface area contributed by atoms with Crippen LogP contribution in [0.2, 0.25) is 0 Å². The molecule has 0 radical (unpaired) electrons. The highest BCUT2D eigenvalue weighted by molar-refractivity contribution is 7.92. The van der Waals surface area contributed by atoms with Crippen molar-refractivity contribution in [1.29, 1.82) is 0 Å². The van der Waals surface area contributed by atoms with Crippen LogP contribution in [-0.4, -0.2) is 48.0 Å². The van der Waals surface area contributed by atoms with E-state index in [9.17, 15) is 17.6 Å². The zero-order valence-electron chi connectivity index (χ0n) is 17.4. The number of anilines is 1. The number of sulfonamides is 1. The lowest BCUT2D eigenvalue weighted by Crippen LogP contribution is -2.47. The first-order chi connectivity index (χ1) is 14.1. The summed E-state index contributed by atoms with van der Waals surface area (Å²) in [7, 11) is 0.651. The van der Waals surface area contributed by atoms with Gasteiger partial charge in [-0.25, -0.2) is 12.8 Å². The van der Waals surface area contributed by atoms with Crippen molar-refractivity contribution in [2.24, 2.45) is 0 Å². The predicted octanol–water partition coefficient (Wildman–Crippen LogP) is 2.32. The van der Waals surface area contributed by atoms with Crippen LogP contribution in [0.25, 0.3) is 0 Å². The van der Waals surface area contributed by atoms with Gasteiger partial charge in [0.25, 0.3) is 0 Å². The predicted molar refractivity (Wildman–Crippen MR) is 111 cm³/mol. The lowest BCUT2D eigenvalue weighted by Gasteiger charge is -2.28. The number of rotatable bonds is 9. The van der Waals surface area contributed by atoms with E-state index >= 15 is 0 Å². The highest BCUT2D eigenvalue weighted by Gasteiger charge is 2.29. The molecule has 0 aliphatic rings. The molecule has 0 aliphatic carbocycles.